The number of aromatic carboxylic acids is 1. The van der Waals surface area contributed by atoms with E-state index < -0.39 is 5.97 Å². The van der Waals surface area contributed by atoms with Gasteiger partial charge in [-0.25, -0.2) is 19.4 Å². The van der Waals surface area contributed by atoms with Crippen LogP contribution in [0.25, 0.3) is 27.8 Å². The first-order valence-corrected chi connectivity index (χ1v) is 13.0. The van der Waals surface area contributed by atoms with Crippen molar-refractivity contribution in [3.8, 4) is 16.8 Å². The van der Waals surface area contributed by atoms with Gasteiger partial charge in [0.05, 0.1) is 16.8 Å². The molecule has 4 heterocycles. The van der Waals surface area contributed by atoms with Gasteiger partial charge in [0.25, 0.3) is 0 Å². The van der Waals surface area contributed by atoms with Crippen LogP contribution in [0.15, 0.2) is 48.7 Å². The second kappa shape index (κ2) is 10.4. The maximum absolute atomic E-state index is 12.1. The number of rotatable bonds is 7. The van der Waals surface area contributed by atoms with Gasteiger partial charge in [-0.2, -0.15) is 5.10 Å². The van der Waals surface area contributed by atoms with Crippen molar-refractivity contribution in [2.75, 3.05) is 44.2 Å². The van der Waals surface area contributed by atoms with Gasteiger partial charge in [0.15, 0.2) is 11.3 Å². The van der Waals surface area contributed by atoms with Gasteiger partial charge >= 0.3 is 5.97 Å². The number of ether oxygens (including phenoxy) is 1. The summed E-state index contributed by atoms with van der Waals surface area (Å²) in [5.74, 6) is -0.110. The maximum atomic E-state index is 12.1. The summed E-state index contributed by atoms with van der Waals surface area (Å²) in [4.78, 5) is 25.7. The molecule has 0 amide bonds. The summed E-state index contributed by atoms with van der Waals surface area (Å²) in [5.41, 5.74) is 4.77. The van der Waals surface area contributed by atoms with Gasteiger partial charge in [-0.05, 0) is 60.7 Å². The number of hydrogen-bond donors (Lipinski definition) is 1. The summed E-state index contributed by atoms with van der Waals surface area (Å²) in [6.07, 6.45) is 3.76. The SMILES string of the molecule is CC(C)c1nn(-c2cccc(N(C)C)c2)c2nc(C(=O)O)cc(-c3ccc(N(C)C4CCOCC4)nc3)c12. The Labute approximate surface area is 222 Å². The molecule has 4 aromatic rings. The van der Waals surface area contributed by atoms with Crippen LogP contribution in [0.4, 0.5) is 11.5 Å². The molecule has 0 radical (unpaired) electrons. The Hall–Kier alpha value is -3.98. The van der Waals surface area contributed by atoms with E-state index in [1.165, 1.54) is 0 Å². The molecule has 0 unspecified atom stereocenters. The van der Waals surface area contributed by atoms with Gasteiger partial charge in [0, 0.05) is 57.8 Å². The minimum absolute atomic E-state index is 0.0314. The van der Waals surface area contributed by atoms with Crippen molar-refractivity contribution < 1.29 is 14.6 Å². The van der Waals surface area contributed by atoms with Crippen LogP contribution in [-0.2, 0) is 4.74 Å². The number of nitrogens with zero attached hydrogens (tertiary/aromatic N) is 6. The molecule has 1 fully saturated rings. The Morgan fingerprint density at radius 1 is 1.11 bits per heavy atom. The highest BCUT2D eigenvalue weighted by atomic mass is 16.5. The molecular formula is C29H34N6O3. The lowest BCUT2D eigenvalue weighted by atomic mass is 9.98. The molecule has 0 atom stereocenters. The number of carboxylic acid groups (broad SMARTS) is 1. The smallest absolute Gasteiger partial charge is 0.354 e. The first-order chi connectivity index (χ1) is 18.2. The molecule has 1 aromatic carbocycles. The van der Waals surface area contributed by atoms with Crippen molar-refractivity contribution in [2.24, 2.45) is 0 Å². The lowest BCUT2D eigenvalue weighted by Gasteiger charge is -2.32. The quantitative estimate of drug-likeness (QED) is 0.369. The Kier molecular flexibility index (Phi) is 7.03. The lowest BCUT2D eigenvalue weighted by Crippen LogP contribution is -2.37. The molecule has 0 spiro atoms. The molecule has 38 heavy (non-hydrogen) atoms. The van der Waals surface area contributed by atoms with E-state index in [-0.39, 0.29) is 11.6 Å². The summed E-state index contributed by atoms with van der Waals surface area (Å²) in [6, 6.07) is 14.0. The molecule has 5 rings (SSSR count). The molecule has 1 N–H and O–H groups in total. The molecule has 9 heteroatoms. The minimum atomic E-state index is -1.09. The van der Waals surface area contributed by atoms with Crippen LogP contribution in [0.3, 0.4) is 0 Å². The molecule has 0 bridgehead atoms. The number of hydrogen-bond acceptors (Lipinski definition) is 7. The van der Waals surface area contributed by atoms with E-state index in [1.807, 2.05) is 61.6 Å². The maximum Gasteiger partial charge on any atom is 0.354 e. The molecule has 1 aliphatic rings. The molecule has 1 saturated heterocycles. The summed E-state index contributed by atoms with van der Waals surface area (Å²) in [7, 11) is 6.03. The van der Waals surface area contributed by atoms with Crippen molar-refractivity contribution in [1.29, 1.82) is 0 Å². The van der Waals surface area contributed by atoms with Crippen molar-refractivity contribution >= 4 is 28.5 Å². The van der Waals surface area contributed by atoms with Gasteiger partial charge in [-0.1, -0.05) is 19.9 Å². The standard InChI is InChI=1S/C29H34N6O3/c1-18(2)27-26-23(19-9-10-25(30-17-19)34(5)20-11-13-38-14-12-20)16-24(29(36)37)31-28(26)35(32-27)22-8-6-7-21(15-22)33(3)4/h6-10,15-18,20H,11-14H2,1-5H3,(H,36,37). The van der Waals surface area contributed by atoms with Crippen LogP contribution in [0, 0.1) is 0 Å². The molecule has 0 aliphatic carbocycles. The zero-order valence-electron chi connectivity index (χ0n) is 22.5. The highest BCUT2D eigenvalue weighted by molar-refractivity contribution is 6.00. The van der Waals surface area contributed by atoms with Crippen LogP contribution in [0.2, 0.25) is 0 Å². The number of pyridine rings is 2. The van der Waals surface area contributed by atoms with Gasteiger partial charge in [-0.3, -0.25) is 0 Å². The average Bonchev–Trinajstić information content (AvgIpc) is 3.33. The zero-order chi connectivity index (χ0) is 27.0. The van der Waals surface area contributed by atoms with Crippen LogP contribution < -0.4 is 9.80 Å². The van der Waals surface area contributed by atoms with E-state index in [2.05, 4.69) is 30.8 Å². The van der Waals surface area contributed by atoms with Gasteiger partial charge in [-0.15, -0.1) is 0 Å². The van der Waals surface area contributed by atoms with E-state index in [4.69, 9.17) is 14.8 Å². The normalized spacial score (nSPS) is 14.3. The first-order valence-electron chi connectivity index (χ1n) is 13.0. The van der Waals surface area contributed by atoms with E-state index in [0.717, 1.165) is 65.5 Å². The largest absolute Gasteiger partial charge is 0.477 e. The van der Waals surface area contributed by atoms with E-state index in [0.29, 0.717) is 11.7 Å². The molecular weight excluding hydrogens is 480 g/mol. The summed E-state index contributed by atoms with van der Waals surface area (Å²) >= 11 is 0. The molecule has 198 valence electrons. The molecule has 3 aromatic heterocycles. The lowest BCUT2D eigenvalue weighted by molar-refractivity contribution is 0.0691. The first kappa shape index (κ1) is 25.7. The average molecular weight is 515 g/mol. The zero-order valence-corrected chi connectivity index (χ0v) is 22.5. The molecule has 0 saturated carbocycles. The third-order valence-corrected chi connectivity index (χ3v) is 7.18. The topological polar surface area (TPSA) is 96.6 Å². The van der Waals surface area contributed by atoms with Crippen LogP contribution in [-0.4, -0.2) is 71.2 Å². The third kappa shape index (κ3) is 4.81. The minimum Gasteiger partial charge on any atom is -0.477 e. The predicted octanol–water partition coefficient (Wildman–Crippen LogP) is 4.99. The van der Waals surface area contributed by atoms with Gasteiger partial charge in [0.2, 0.25) is 0 Å². The van der Waals surface area contributed by atoms with Crippen molar-refractivity contribution in [2.45, 2.75) is 38.6 Å². The van der Waals surface area contributed by atoms with Crippen LogP contribution >= 0.6 is 0 Å². The summed E-state index contributed by atoms with van der Waals surface area (Å²) in [6.45, 7) is 5.70. The van der Waals surface area contributed by atoms with Crippen LogP contribution in [0.1, 0.15) is 48.8 Å². The Morgan fingerprint density at radius 3 is 2.50 bits per heavy atom. The van der Waals surface area contributed by atoms with E-state index in [1.54, 1.807) is 10.7 Å². The molecule has 1 aliphatic heterocycles. The fourth-order valence-corrected chi connectivity index (χ4v) is 4.98. The number of benzene rings is 1. The van der Waals surface area contributed by atoms with Crippen molar-refractivity contribution in [1.82, 2.24) is 19.7 Å². The van der Waals surface area contributed by atoms with E-state index in [9.17, 15) is 9.90 Å². The van der Waals surface area contributed by atoms with Crippen molar-refractivity contribution in [3.05, 3.63) is 60.0 Å². The number of carbonyl (C=O) groups is 1. The van der Waals surface area contributed by atoms with E-state index >= 15 is 0 Å². The van der Waals surface area contributed by atoms with Gasteiger partial charge in [0.1, 0.15) is 5.82 Å². The Balaban J connectivity index is 1.66. The number of anilines is 2. The Bertz CT molecular complexity index is 1460. The Morgan fingerprint density at radius 2 is 1.87 bits per heavy atom. The number of aromatic nitrogens is 4. The second-order valence-corrected chi connectivity index (χ2v) is 10.3. The predicted molar refractivity (Wildman–Crippen MR) is 150 cm³/mol. The highest BCUT2D eigenvalue weighted by Gasteiger charge is 2.24. The monoisotopic (exact) mass is 514 g/mol. The molecule has 9 nitrogen and oxygen atoms in total. The van der Waals surface area contributed by atoms with Crippen LogP contribution in [0.5, 0.6) is 0 Å². The fraction of sp³-hybridized carbons (Fsp3) is 0.379. The number of fused-ring (bicyclic) bond motifs is 1. The highest BCUT2D eigenvalue weighted by Crippen LogP contribution is 2.36. The summed E-state index contributed by atoms with van der Waals surface area (Å²) in [5, 5.41) is 15.7. The number of carboxylic acids is 1. The third-order valence-electron chi connectivity index (χ3n) is 7.18. The van der Waals surface area contributed by atoms with Gasteiger partial charge < -0.3 is 19.6 Å². The van der Waals surface area contributed by atoms with Crippen molar-refractivity contribution in [3.63, 3.8) is 0 Å². The summed E-state index contributed by atoms with van der Waals surface area (Å²) < 4.78 is 7.26. The fourth-order valence-electron chi connectivity index (χ4n) is 4.98. The second-order valence-electron chi connectivity index (χ2n) is 10.3.